The van der Waals surface area contributed by atoms with E-state index in [1.54, 1.807) is 36.7 Å². The number of aromatic nitrogens is 1. The molecule has 0 radical (unpaired) electrons. The van der Waals surface area contributed by atoms with Gasteiger partial charge in [0.2, 0.25) is 15.9 Å². The third-order valence-electron chi connectivity index (χ3n) is 6.97. The van der Waals surface area contributed by atoms with Crippen LogP contribution in [0.5, 0.6) is 0 Å². The Balaban J connectivity index is 1.34. The second kappa shape index (κ2) is 10.9. The average Bonchev–Trinajstić information content (AvgIpc) is 2.85. The molecule has 1 fully saturated rings. The molecule has 8 heteroatoms. The molecule has 0 aliphatic heterocycles. The summed E-state index contributed by atoms with van der Waals surface area (Å²) < 4.78 is 42.1. The molecule has 1 aliphatic rings. The zero-order valence-electron chi connectivity index (χ0n) is 20.8. The fourth-order valence-corrected chi connectivity index (χ4v) is 6.20. The fourth-order valence-electron chi connectivity index (χ4n) is 4.81. The lowest BCUT2D eigenvalue weighted by atomic mass is 9.85. The van der Waals surface area contributed by atoms with Gasteiger partial charge in [-0.2, -0.15) is 0 Å². The number of halogens is 1. The molecular weight excluding hydrogens is 477 g/mol. The van der Waals surface area contributed by atoms with Gasteiger partial charge in [-0.05, 0) is 105 Å². The van der Waals surface area contributed by atoms with E-state index >= 15 is 0 Å². The molecular formula is C28H32FN3O3S. The molecule has 2 N–H and O–H groups in total. The van der Waals surface area contributed by atoms with Crippen molar-refractivity contribution < 1.29 is 17.6 Å². The molecule has 1 heterocycles. The molecule has 1 amide bonds. The Morgan fingerprint density at radius 2 is 1.64 bits per heavy atom. The standard InChI is InChI=1S/C28H32FN3O3S/c1-18-16-25(12-13-26(18)27-14-15-30-17-19(27)2)36(34,35)32-24-10-6-22(7-11-24)28(33)31-20(3)21-4-8-23(29)9-5-21/h4-5,8-9,12-17,20,22,24,32H,6-7,10-11H2,1-3H3,(H,31,33)/t20-,22-,24-/m1/s1. The first-order valence-corrected chi connectivity index (χ1v) is 13.7. The normalized spacial score (nSPS) is 19.0. The number of benzene rings is 2. The van der Waals surface area contributed by atoms with Crippen LogP contribution in [-0.2, 0) is 14.8 Å². The number of rotatable bonds is 7. The van der Waals surface area contributed by atoms with Gasteiger partial charge in [-0.3, -0.25) is 9.78 Å². The van der Waals surface area contributed by atoms with Crippen molar-refractivity contribution in [3.63, 3.8) is 0 Å². The van der Waals surface area contributed by atoms with Crippen molar-refractivity contribution in [1.82, 2.24) is 15.0 Å². The number of carbonyl (C=O) groups is 1. The lowest BCUT2D eigenvalue weighted by Gasteiger charge is -2.29. The molecule has 3 aromatic rings. The molecule has 36 heavy (non-hydrogen) atoms. The van der Waals surface area contributed by atoms with Crippen LogP contribution in [0, 0.1) is 25.6 Å². The zero-order valence-corrected chi connectivity index (χ0v) is 21.6. The second-order valence-corrected chi connectivity index (χ2v) is 11.3. The highest BCUT2D eigenvalue weighted by Crippen LogP contribution is 2.30. The third-order valence-corrected chi connectivity index (χ3v) is 8.49. The first kappa shape index (κ1) is 26.0. The Morgan fingerprint density at radius 3 is 2.28 bits per heavy atom. The maximum absolute atomic E-state index is 13.2. The summed E-state index contributed by atoms with van der Waals surface area (Å²) in [4.78, 5) is 17.1. The van der Waals surface area contributed by atoms with Crippen LogP contribution in [0.25, 0.3) is 11.1 Å². The Hall–Kier alpha value is -3.10. The van der Waals surface area contributed by atoms with E-state index in [2.05, 4.69) is 15.0 Å². The smallest absolute Gasteiger partial charge is 0.240 e. The number of amides is 1. The van der Waals surface area contributed by atoms with Gasteiger partial charge >= 0.3 is 0 Å². The van der Waals surface area contributed by atoms with Crippen LogP contribution >= 0.6 is 0 Å². The van der Waals surface area contributed by atoms with Crippen LogP contribution in [0.2, 0.25) is 0 Å². The molecule has 1 saturated carbocycles. The van der Waals surface area contributed by atoms with Crippen LogP contribution in [0.4, 0.5) is 4.39 Å². The number of hydrogen-bond donors (Lipinski definition) is 2. The first-order valence-electron chi connectivity index (χ1n) is 12.2. The van der Waals surface area contributed by atoms with E-state index in [0.717, 1.165) is 27.8 Å². The number of pyridine rings is 1. The Labute approximate surface area is 212 Å². The maximum Gasteiger partial charge on any atom is 0.240 e. The van der Waals surface area contributed by atoms with Crippen LogP contribution < -0.4 is 10.0 Å². The molecule has 1 aliphatic carbocycles. The van der Waals surface area contributed by atoms with Crippen molar-refractivity contribution in [2.45, 2.75) is 63.4 Å². The lowest BCUT2D eigenvalue weighted by molar-refractivity contribution is -0.126. The van der Waals surface area contributed by atoms with Crippen molar-refractivity contribution in [2.24, 2.45) is 5.92 Å². The van der Waals surface area contributed by atoms with Crippen molar-refractivity contribution >= 4 is 15.9 Å². The summed E-state index contributed by atoms with van der Waals surface area (Å²) in [6, 6.07) is 12.8. The monoisotopic (exact) mass is 509 g/mol. The summed E-state index contributed by atoms with van der Waals surface area (Å²) in [5.41, 5.74) is 4.76. The van der Waals surface area contributed by atoms with E-state index in [1.165, 1.54) is 12.1 Å². The Kier molecular flexibility index (Phi) is 7.85. The van der Waals surface area contributed by atoms with Gasteiger partial charge in [0, 0.05) is 24.4 Å². The SMILES string of the molecule is Cc1cnccc1-c1ccc(S(=O)(=O)N[C@H]2CC[C@H](C(=O)N[C@H](C)c3ccc(F)cc3)CC2)cc1C. The van der Waals surface area contributed by atoms with Gasteiger partial charge in [-0.1, -0.05) is 18.2 Å². The molecule has 190 valence electrons. The van der Waals surface area contributed by atoms with E-state index in [0.29, 0.717) is 25.7 Å². The molecule has 0 bridgehead atoms. The van der Waals surface area contributed by atoms with E-state index in [4.69, 9.17) is 0 Å². The fraction of sp³-hybridized carbons (Fsp3) is 0.357. The van der Waals surface area contributed by atoms with Crippen molar-refractivity contribution in [1.29, 1.82) is 0 Å². The molecule has 1 atom stereocenters. The highest BCUT2D eigenvalue weighted by atomic mass is 32.2. The minimum absolute atomic E-state index is 0.0502. The number of hydrogen-bond acceptors (Lipinski definition) is 4. The zero-order chi connectivity index (χ0) is 25.9. The van der Waals surface area contributed by atoms with Crippen molar-refractivity contribution in [3.8, 4) is 11.1 Å². The van der Waals surface area contributed by atoms with Gasteiger partial charge in [-0.25, -0.2) is 17.5 Å². The van der Waals surface area contributed by atoms with E-state index in [1.807, 2.05) is 32.9 Å². The molecule has 2 aromatic carbocycles. The van der Waals surface area contributed by atoms with Crippen LogP contribution in [0.15, 0.2) is 65.8 Å². The highest BCUT2D eigenvalue weighted by molar-refractivity contribution is 7.89. The van der Waals surface area contributed by atoms with Gasteiger partial charge in [0.25, 0.3) is 0 Å². The predicted octanol–water partition coefficient (Wildman–Crippen LogP) is 5.22. The average molecular weight is 510 g/mol. The van der Waals surface area contributed by atoms with Gasteiger partial charge < -0.3 is 5.32 Å². The number of sulfonamides is 1. The second-order valence-electron chi connectivity index (χ2n) is 9.62. The van der Waals surface area contributed by atoms with E-state index in [9.17, 15) is 17.6 Å². The number of nitrogens with one attached hydrogen (secondary N) is 2. The lowest BCUT2D eigenvalue weighted by Crippen LogP contribution is -2.41. The molecule has 0 spiro atoms. The minimum atomic E-state index is -3.68. The molecule has 0 saturated heterocycles. The molecule has 6 nitrogen and oxygen atoms in total. The summed E-state index contributed by atoms with van der Waals surface area (Å²) in [5, 5.41) is 3.00. The van der Waals surface area contributed by atoms with E-state index in [-0.39, 0.29) is 34.6 Å². The summed E-state index contributed by atoms with van der Waals surface area (Å²) in [6.45, 7) is 5.76. The largest absolute Gasteiger partial charge is 0.349 e. The number of nitrogens with zero attached hydrogens (tertiary/aromatic N) is 1. The van der Waals surface area contributed by atoms with Gasteiger partial charge in [0.15, 0.2) is 0 Å². The quantitative estimate of drug-likeness (QED) is 0.457. The topological polar surface area (TPSA) is 88.2 Å². The third kappa shape index (κ3) is 5.99. The van der Waals surface area contributed by atoms with Crippen molar-refractivity contribution in [2.75, 3.05) is 0 Å². The van der Waals surface area contributed by atoms with Crippen LogP contribution in [0.1, 0.15) is 55.3 Å². The summed E-state index contributed by atoms with van der Waals surface area (Å²) in [6.07, 6.45) is 5.92. The van der Waals surface area contributed by atoms with Crippen LogP contribution in [-0.4, -0.2) is 25.4 Å². The summed E-state index contributed by atoms with van der Waals surface area (Å²) >= 11 is 0. The predicted molar refractivity (Wildman–Crippen MR) is 138 cm³/mol. The van der Waals surface area contributed by atoms with Gasteiger partial charge in [-0.15, -0.1) is 0 Å². The Morgan fingerprint density at radius 1 is 0.972 bits per heavy atom. The maximum atomic E-state index is 13.2. The number of carbonyl (C=O) groups excluding carboxylic acids is 1. The van der Waals surface area contributed by atoms with Crippen LogP contribution in [0.3, 0.4) is 0 Å². The van der Waals surface area contributed by atoms with Crippen molar-refractivity contribution in [3.05, 3.63) is 83.4 Å². The summed E-state index contributed by atoms with van der Waals surface area (Å²) in [7, 11) is -3.68. The minimum Gasteiger partial charge on any atom is -0.349 e. The first-order chi connectivity index (χ1) is 17.1. The Bertz CT molecular complexity index is 1330. The van der Waals surface area contributed by atoms with E-state index < -0.39 is 10.0 Å². The van der Waals surface area contributed by atoms with Gasteiger partial charge in [0.1, 0.15) is 5.82 Å². The summed E-state index contributed by atoms with van der Waals surface area (Å²) in [5.74, 6) is -0.530. The molecule has 1 aromatic heterocycles. The van der Waals surface area contributed by atoms with Gasteiger partial charge in [0.05, 0.1) is 10.9 Å². The molecule has 4 rings (SSSR count). The number of aryl methyl sites for hydroxylation is 2. The highest BCUT2D eigenvalue weighted by Gasteiger charge is 2.30. The molecule has 0 unspecified atom stereocenters.